The van der Waals surface area contributed by atoms with Crippen LogP contribution in [0.15, 0.2) is 79.3 Å². The number of nitrogens with one attached hydrogen (secondary N) is 2. The van der Waals surface area contributed by atoms with E-state index in [9.17, 15) is 8.78 Å². The fourth-order valence-corrected chi connectivity index (χ4v) is 5.02. The van der Waals surface area contributed by atoms with Gasteiger partial charge in [0.1, 0.15) is 12.0 Å². The van der Waals surface area contributed by atoms with E-state index in [1.54, 1.807) is 6.07 Å². The monoisotopic (exact) mass is 528 g/mol. The minimum Gasteiger partial charge on any atom is -0.381 e. The SMILES string of the molecule is C=C(/C=C(/C(=C)NC1CCc2c1ccc(C)c2C)n1ncc(C)c1C)C(=C)NCc1ccc(F)c(C(C)F)c1. The van der Waals surface area contributed by atoms with E-state index in [1.807, 2.05) is 30.8 Å². The molecule has 0 saturated carbocycles. The van der Waals surface area contributed by atoms with Gasteiger partial charge in [-0.15, -0.1) is 0 Å². The van der Waals surface area contributed by atoms with Gasteiger partial charge in [-0.1, -0.05) is 37.9 Å². The van der Waals surface area contributed by atoms with E-state index in [2.05, 4.69) is 61.4 Å². The first-order valence-electron chi connectivity index (χ1n) is 13.3. The van der Waals surface area contributed by atoms with Crippen molar-refractivity contribution in [3.63, 3.8) is 0 Å². The maximum atomic E-state index is 13.9. The van der Waals surface area contributed by atoms with Gasteiger partial charge in [-0.2, -0.15) is 5.10 Å². The average molecular weight is 529 g/mol. The highest BCUT2D eigenvalue weighted by molar-refractivity contribution is 5.68. The fourth-order valence-electron chi connectivity index (χ4n) is 5.02. The van der Waals surface area contributed by atoms with Gasteiger partial charge in [0.25, 0.3) is 0 Å². The van der Waals surface area contributed by atoms with E-state index in [1.165, 1.54) is 41.3 Å². The first kappa shape index (κ1) is 28.1. The maximum absolute atomic E-state index is 13.9. The van der Waals surface area contributed by atoms with Crippen LogP contribution in [0.1, 0.15) is 70.2 Å². The van der Waals surface area contributed by atoms with Gasteiger partial charge in [-0.25, -0.2) is 13.5 Å². The van der Waals surface area contributed by atoms with Crippen molar-refractivity contribution in [3.8, 4) is 0 Å². The van der Waals surface area contributed by atoms with Crippen LogP contribution in [0.4, 0.5) is 8.78 Å². The van der Waals surface area contributed by atoms with Crippen LogP contribution in [0, 0.1) is 33.5 Å². The largest absolute Gasteiger partial charge is 0.381 e. The topological polar surface area (TPSA) is 41.9 Å². The third kappa shape index (κ3) is 5.90. The van der Waals surface area contributed by atoms with E-state index in [0.29, 0.717) is 17.8 Å². The maximum Gasteiger partial charge on any atom is 0.129 e. The number of rotatable bonds is 10. The van der Waals surface area contributed by atoms with Gasteiger partial charge in [0, 0.05) is 23.5 Å². The minimum atomic E-state index is -1.38. The first-order chi connectivity index (χ1) is 18.5. The summed E-state index contributed by atoms with van der Waals surface area (Å²) in [6, 6.07) is 9.03. The lowest BCUT2D eigenvalue weighted by atomic mass is 9.99. The molecule has 2 N–H and O–H groups in total. The van der Waals surface area contributed by atoms with Crippen LogP contribution in [-0.4, -0.2) is 9.78 Å². The Kier molecular flexibility index (Phi) is 8.24. The summed E-state index contributed by atoms with van der Waals surface area (Å²) < 4.78 is 29.5. The van der Waals surface area contributed by atoms with Crippen molar-refractivity contribution in [2.75, 3.05) is 0 Å². The Hall–Kier alpha value is -3.93. The Morgan fingerprint density at radius 1 is 1.10 bits per heavy atom. The van der Waals surface area contributed by atoms with Crippen molar-refractivity contribution in [2.24, 2.45) is 0 Å². The molecule has 0 saturated heterocycles. The van der Waals surface area contributed by atoms with Crippen LogP contribution < -0.4 is 10.6 Å². The van der Waals surface area contributed by atoms with Crippen LogP contribution in [0.5, 0.6) is 0 Å². The molecule has 2 atom stereocenters. The lowest BCUT2D eigenvalue weighted by Gasteiger charge is -2.22. The Labute approximate surface area is 230 Å². The van der Waals surface area contributed by atoms with Crippen LogP contribution in [0.3, 0.4) is 0 Å². The van der Waals surface area contributed by atoms with Crippen molar-refractivity contribution in [1.82, 2.24) is 20.4 Å². The summed E-state index contributed by atoms with van der Waals surface area (Å²) in [4.78, 5) is 0. The van der Waals surface area contributed by atoms with Crippen molar-refractivity contribution in [3.05, 3.63) is 130 Å². The van der Waals surface area contributed by atoms with Gasteiger partial charge in [0.2, 0.25) is 0 Å². The van der Waals surface area contributed by atoms with Gasteiger partial charge in [0.15, 0.2) is 0 Å². The molecule has 6 heteroatoms. The molecule has 3 aromatic rings. The summed E-state index contributed by atoms with van der Waals surface area (Å²) in [5.74, 6) is -0.546. The van der Waals surface area contributed by atoms with Gasteiger partial charge in [-0.3, -0.25) is 0 Å². The van der Waals surface area contributed by atoms with Gasteiger partial charge in [-0.05, 0) is 105 Å². The van der Waals surface area contributed by atoms with E-state index in [0.717, 1.165) is 41.1 Å². The highest BCUT2D eigenvalue weighted by Gasteiger charge is 2.26. The molecule has 1 aromatic heterocycles. The van der Waals surface area contributed by atoms with E-state index in [-0.39, 0.29) is 11.6 Å². The molecule has 0 radical (unpaired) electrons. The van der Waals surface area contributed by atoms with Crippen LogP contribution in [0.2, 0.25) is 0 Å². The molecular formula is C33H38F2N4. The normalized spacial score (nSPS) is 15.6. The van der Waals surface area contributed by atoms with Crippen LogP contribution in [0.25, 0.3) is 5.70 Å². The zero-order valence-corrected chi connectivity index (χ0v) is 23.6. The number of nitrogens with zero attached hydrogens (tertiary/aromatic N) is 2. The van der Waals surface area contributed by atoms with E-state index in [4.69, 9.17) is 0 Å². The van der Waals surface area contributed by atoms with Crippen LogP contribution >= 0.6 is 0 Å². The molecule has 39 heavy (non-hydrogen) atoms. The van der Waals surface area contributed by atoms with Crippen molar-refractivity contribution in [2.45, 2.75) is 66.2 Å². The molecule has 0 spiro atoms. The number of halogens is 2. The summed E-state index contributed by atoms with van der Waals surface area (Å²) in [7, 11) is 0. The standard InChI is InChI=1S/C33H38F2N4/c1-19-9-11-29-28(22(19)4)12-14-32(29)38-25(7)33(39-26(8)21(3)17-37-39)15-20(2)24(6)36-18-27-10-13-31(35)30(16-27)23(5)34/h9-11,13,15-17,23,32,36,38H,2,6-7,12,14,18H2,1,3-5,8H3/b33-15-. The zero-order valence-electron chi connectivity index (χ0n) is 23.6. The van der Waals surface area contributed by atoms with Crippen molar-refractivity contribution in [1.29, 1.82) is 0 Å². The lowest BCUT2D eigenvalue weighted by Crippen LogP contribution is -2.22. The number of aromatic nitrogens is 2. The van der Waals surface area contributed by atoms with Crippen molar-refractivity contribution < 1.29 is 8.78 Å². The molecule has 1 aliphatic rings. The molecular weight excluding hydrogens is 490 g/mol. The van der Waals surface area contributed by atoms with Gasteiger partial charge in [0.05, 0.1) is 23.6 Å². The predicted molar refractivity (Wildman–Crippen MR) is 156 cm³/mol. The van der Waals surface area contributed by atoms with E-state index < -0.39 is 12.0 Å². The molecule has 4 rings (SSSR count). The first-order valence-corrected chi connectivity index (χ1v) is 13.3. The second-order valence-corrected chi connectivity index (χ2v) is 10.5. The Bertz CT molecular complexity index is 1480. The molecule has 0 fully saturated rings. The molecule has 2 aromatic carbocycles. The zero-order chi connectivity index (χ0) is 28.4. The number of aryl methyl sites for hydroxylation is 2. The molecule has 0 bridgehead atoms. The predicted octanol–water partition coefficient (Wildman–Crippen LogP) is 7.78. The van der Waals surface area contributed by atoms with E-state index >= 15 is 0 Å². The molecule has 1 heterocycles. The molecule has 204 valence electrons. The molecule has 1 aliphatic carbocycles. The molecule has 2 unspecified atom stereocenters. The second kappa shape index (κ2) is 11.4. The number of fused-ring (bicyclic) bond motifs is 1. The molecule has 0 amide bonds. The minimum absolute atomic E-state index is 0.0478. The fraction of sp³-hybridized carbons (Fsp3) is 0.303. The highest BCUT2D eigenvalue weighted by atomic mass is 19.1. The quantitative estimate of drug-likeness (QED) is 0.264. The summed E-state index contributed by atoms with van der Waals surface area (Å²) in [5.41, 5.74) is 11.1. The number of alkyl halides is 1. The Balaban J connectivity index is 1.55. The van der Waals surface area contributed by atoms with Crippen molar-refractivity contribution >= 4 is 5.70 Å². The summed E-state index contributed by atoms with van der Waals surface area (Å²) in [6.07, 6.45) is 4.40. The molecule has 4 nitrogen and oxygen atoms in total. The highest BCUT2D eigenvalue weighted by Crippen LogP contribution is 2.36. The van der Waals surface area contributed by atoms with Gasteiger partial charge < -0.3 is 10.6 Å². The number of hydrogen-bond acceptors (Lipinski definition) is 3. The Morgan fingerprint density at radius 2 is 1.85 bits per heavy atom. The average Bonchev–Trinajstić information content (AvgIpc) is 3.46. The van der Waals surface area contributed by atoms with Crippen LogP contribution in [-0.2, 0) is 13.0 Å². The number of hydrogen-bond donors (Lipinski definition) is 2. The summed E-state index contributed by atoms with van der Waals surface area (Å²) >= 11 is 0. The number of benzene rings is 2. The molecule has 0 aliphatic heterocycles. The van der Waals surface area contributed by atoms with Gasteiger partial charge >= 0.3 is 0 Å². The third-order valence-corrected chi connectivity index (χ3v) is 7.80. The second-order valence-electron chi connectivity index (χ2n) is 10.5. The smallest absolute Gasteiger partial charge is 0.129 e. The summed E-state index contributed by atoms with van der Waals surface area (Å²) in [5, 5.41) is 11.5. The lowest BCUT2D eigenvalue weighted by molar-refractivity contribution is 0.361. The number of allylic oxidation sites excluding steroid dienone is 2. The summed E-state index contributed by atoms with van der Waals surface area (Å²) in [6.45, 7) is 22.9. The Morgan fingerprint density at radius 3 is 2.51 bits per heavy atom. The third-order valence-electron chi connectivity index (χ3n) is 7.80.